The van der Waals surface area contributed by atoms with Crippen LogP contribution in [-0.2, 0) is 4.79 Å². The van der Waals surface area contributed by atoms with E-state index in [4.69, 9.17) is 34.8 Å². The maximum absolute atomic E-state index is 13.5. The molecule has 0 saturated heterocycles. The summed E-state index contributed by atoms with van der Waals surface area (Å²) in [6.07, 6.45) is 2.48. The van der Waals surface area contributed by atoms with Crippen LogP contribution in [-0.4, -0.2) is 5.91 Å². The van der Waals surface area contributed by atoms with Gasteiger partial charge in [0.05, 0.1) is 15.7 Å². The van der Waals surface area contributed by atoms with Crippen molar-refractivity contribution < 1.29 is 9.18 Å². The molecule has 0 atom stereocenters. The van der Waals surface area contributed by atoms with Gasteiger partial charge in [-0.2, -0.15) is 0 Å². The van der Waals surface area contributed by atoms with Crippen molar-refractivity contribution >= 4 is 52.5 Å². The normalized spacial score (nSPS) is 10.9. The van der Waals surface area contributed by atoms with Gasteiger partial charge in [-0.3, -0.25) is 4.79 Å². The summed E-state index contributed by atoms with van der Waals surface area (Å²) in [6, 6.07) is 8.98. The Morgan fingerprint density at radius 1 is 1.10 bits per heavy atom. The van der Waals surface area contributed by atoms with Gasteiger partial charge in [0.25, 0.3) is 0 Å². The Morgan fingerprint density at radius 3 is 2.52 bits per heavy atom. The predicted octanol–water partition coefficient (Wildman–Crippen LogP) is 5.44. The first-order valence-corrected chi connectivity index (χ1v) is 6.99. The highest BCUT2D eigenvalue weighted by Crippen LogP contribution is 2.25. The molecule has 108 valence electrons. The highest BCUT2D eigenvalue weighted by molar-refractivity contribution is 6.36. The lowest BCUT2D eigenvalue weighted by Gasteiger charge is -2.05. The summed E-state index contributed by atoms with van der Waals surface area (Å²) >= 11 is 17.6. The van der Waals surface area contributed by atoms with Crippen LogP contribution < -0.4 is 5.32 Å². The van der Waals surface area contributed by atoms with E-state index in [2.05, 4.69) is 5.32 Å². The number of carbonyl (C=O) groups excluding carboxylic acids is 1. The van der Waals surface area contributed by atoms with Crippen LogP contribution in [0.1, 0.15) is 5.56 Å². The van der Waals surface area contributed by atoms with E-state index in [0.717, 1.165) is 0 Å². The second-order valence-electron chi connectivity index (χ2n) is 4.08. The third-order valence-corrected chi connectivity index (χ3v) is 3.47. The topological polar surface area (TPSA) is 29.1 Å². The van der Waals surface area contributed by atoms with Gasteiger partial charge in [0, 0.05) is 16.7 Å². The average Bonchev–Trinajstić information content (AvgIpc) is 2.41. The third-order valence-electron chi connectivity index (χ3n) is 2.59. The van der Waals surface area contributed by atoms with Gasteiger partial charge in [-0.15, -0.1) is 0 Å². The summed E-state index contributed by atoms with van der Waals surface area (Å²) in [5, 5.41) is 3.57. The fourth-order valence-electron chi connectivity index (χ4n) is 1.59. The molecular weight excluding hydrogens is 336 g/mol. The van der Waals surface area contributed by atoms with E-state index in [1.165, 1.54) is 36.4 Å². The van der Waals surface area contributed by atoms with Crippen molar-refractivity contribution in [3.8, 4) is 0 Å². The summed E-state index contributed by atoms with van der Waals surface area (Å²) < 4.78 is 13.5. The standard InChI is InChI=1S/C15H9Cl3FNO/c16-9-4-6-14(12(18)8-9)20-15(21)7-5-10-11(17)2-1-3-13(10)19/h1-8H,(H,20,21)/b7-5+. The average molecular weight is 345 g/mol. The summed E-state index contributed by atoms with van der Waals surface area (Å²) in [6.45, 7) is 0. The molecule has 1 N–H and O–H groups in total. The lowest BCUT2D eigenvalue weighted by molar-refractivity contribution is -0.111. The molecular formula is C15H9Cl3FNO. The van der Waals surface area contributed by atoms with Crippen LogP contribution in [0.15, 0.2) is 42.5 Å². The molecule has 0 radical (unpaired) electrons. The van der Waals surface area contributed by atoms with Crippen molar-refractivity contribution in [3.05, 3.63) is 68.9 Å². The van der Waals surface area contributed by atoms with Crippen molar-refractivity contribution in [2.24, 2.45) is 0 Å². The summed E-state index contributed by atoms with van der Waals surface area (Å²) in [5.41, 5.74) is 0.562. The van der Waals surface area contributed by atoms with Crippen molar-refractivity contribution in [2.75, 3.05) is 5.32 Å². The van der Waals surface area contributed by atoms with Gasteiger partial charge in [-0.25, -0.2) is 4.39 Å². The Balaban J connectivity index is 2.13. The molecule has 21 heavy (non-hydrogen) atoms. The number of carbonyl (C=O) groups is 1. The van der Waals surface area contributed by atoms with Gasteiger partial charge in [-0.05, 0) is 36.4 Å². The molecule has 2 aromatic rings. The Labute approximate surface area is 136 Å². The first-order valence-electron chi connectivity index (χ1n) is 5.85. The molecule has 6 heteroatoms. The molecule has 0 saturated carbocycles. The molecule has 0 bridgehead atoms. The lowest BCUT2D eigenvalue weighted by atomic mass is 10.2. The number of anilines is 1. The molecule has 0 spiro atoms. The number of amides is 1. The quantitative estimate of drug-likeness (QED) is 0.738. The molecule has 0 fully saturated rings. The molecule has 0 aromatic heterocycles. The molecule has 0 aliphatic heterocycles. The van der Waals surface area contributed by atoms with E-state index in [1.807, 2.05) is 0 Å². The number of hydrogen-bond donors (Lipinski definition) is 1. The maximum atomic E-state index is 13.5. The first-order chi connectivity index (χ1) is 9.97. The third kappa shape index (κ3) is 4.21. The summed E-state index contributed by atoms with van der Waals surface area (Å²) in [4.78, 5) is 11.8. The monoisotopic (exact) mass is 343 g/mol. The van der Waals surface area contributed by atoms with Gasteiger partial charge < -0.3 is 5.32 Å². The zero-order valence-electron chi connectivity index (χ0n) is 10.5. The first kappa shape index (κ1) is 15.8. The minimum atomic E-state index is -0.504. The molecule has 0 unspecified atom stereocenters. The van der Waals surface area contributed by atoms with Gasteiger partial charge in [0.1, 0.15) is 5.82 Å². The van der Waals surface area contributed by atoms with Crippen molar-refractivity contribution in [3.63, 3.8) is 0 Å². The van der Waals surface area contributed by atoms with E-state index in [1.54, 1.807) is 12.1 Å². The van der Waals surface area contributed by atoms with Crippen LogP contribution in [0.5, 0.6) is 0 Å². The van der Waals surface area contributed by atoms with E-state index in [0.29, 0.717) is 15.7 Å². The van der Waals surface area contributed by atoms with Crippen LogP contribution >= 0.6 is 34.8 Å². The predicted molar refractivity (Wildman–Crippen MR) is 85.5 cm³/mol. The molecule has 0 heterocycles. The van der Waals surface area contributed by atoms with E-state index < -0.39 is 11.7 Å². The van der Waals surface area contributed by atoms with Crippen LogP contribution in [0.4, 0.5) is 10.1 Å². The molecule has 1 amide bonds. The second kappa shape index (κ2) is 6.94. The van der Waals surface area contributed by atoms with Gasteiger partial charge in [0.2, 0.25) is 5.91 Å². The Morgan fingerprint density at radius 2 is 1.86 bits per heavy atom. The van der Waals surface area contributed by atoms with Crippen LogP contribution in [0.25, 0.3) is 6.08 Å². The lowest BCUT2D eigenvalue weighted by Crippen LogP contribution is -2.08. The summed E-state index contributed by atoms with van der Waals surface area (Å²) in [5.74, 6) is -0.963. The van der Waals surface area contributed by atoms with E-state index in [-0.39, 0.29) is 10.6 Å². The van der Waals surface area contributed by atoms with Gasteiger partial charge >= 0.3 is 0 Å². The van der Waals surface area contributed by atoms with Crippen molar-refractivity contribution in [2.45, 2.75) is 0 Å². The number of hydrogen-bond acceptors (Lipinski definition) is 1. The zero-order valence-corrected chi connectivity index (χ0v) is 12.8. The Kier molecular flexibility index (Phi) is 5.23. The Bertz CT molecular complexity index is 696. The Hall–Kier alpha value is -1.55. The fourth-order valence-corrected chi connectivity index (χ4v) is 2.28. The second-order valence-corrected chi connectivity index (χ2v) is 5.33. The number of nitrogens with one attached hydrogen (secondary N) is 1. The molecule has 2 nitrogen and oxygen atoms in total. The maximum Gasteiger partial charge on any atom is 0.248 e. The zero-order chi connectivity index (χ0) is 15.4. The summed E-state index contributed by atoms with van der Waals surface area (Å²) in [7, 11) is 0. The van der Waals surface area contributed by atoms with Crippen LogP contribution in [0.3, 0.4) is 0 Å². The van der Waals surface area contributed by atoms with Crippen molar-refractivity contribution in [1.82, 2.24) is 0 Å². The van der Waals surface area contributed by atoms with Crippen LogP contribution in [0.2, 0.25) is 15.1 Å². The van der Waals surface area contributed by atoms with Gasteiger partial charge in [-0.1, -0.05) is 40.9 Å². The minimum Gasteiger partial charge on any atom is -0.321 e. The number of benzene rings is 2. The minimum absolute atomic E-state index is 0.150. The number of rotatable bonds is 3. The van der Waals surface area contributed by atoms with Crippen LogP contribution in [0, 0.1) is 5.82 Å². The molecule has 2 aromatic carbocycles. The van der Waals surface area contributed by atoms with Crippen molar-refractivity contribution in [1.29, 1.82) is 0 Å². The van der Waals surface area contributed by atoms with E-state index >= 15 is 0 Å². The fraction of sp³-hybridized carbons (Fsp3) is 0. The largest absolute Gasteiger partial charge is 0.321 e. The molecule has 0 aliphatic rings. The molecule has 2 rings (SSSR count). The number of halogens is 4. The highest BCUT2D eigenvalue weighted by Gasteiger charge is 2.06. The highest BCUT2D eigenvalue weighted by atomic mass is 35.5. The molecule has 0 aliphatic carbocycles. The SMILES string of the molecule is O=C(/C=C/c1c(F)cccc1Cl)Nc1ccc(Cl)cc1Cl. The smallest absolute Gasteiger partial charge is 0.248 e. The van der Waals surface area contributed by atoms with E-state index in [9.17, 15) is 9.18 Å². The van der Waals surface area contributed by atoms with Gasteiger partial charge in [0.15, 0.2) is 0 Å².